The van der Waals surface area contributed by atoms with Gasteiger partial charge in [-0.3, -0.25) is 0 Å². The summed E-state index contributed by atoms with van der Waals surface area (Å²) in [6.07, 6.45) is 3.71. The number of hydrogen-bond acceptors (Lipinski definition) is 4. The molecule has 0 bridgehead atoms. The van der Waals surface area contributed by atoms with E-state index in [-0.39, 0.29) is 0 Å². The number of nitrogens with one attached hydrogen (secondary N) is 1. The maximum atomic E-state index is 5.69. The summed E-state index contributed by atoms with van der Waals surface area (Å²) in [4.78, 5) is 8.50. The number of nitrogens with zero attached hydrogens (tertiary/aromatic N) is 2. The summed E-state index contributed by atoms with van der Waals surface area (Å²) in [5.41, 5.74) is 0.965. The van der Waals surface area contributed by atoms with Gasteiger partial charge in [0.1, 0.15) is 5.82 Å². The predicted octanol–water partition coefficient (Wildman–Crippen LogP) is 1.86. The van der Waals surface area contributed by atoms with Crippen molar-refractivity contribution in [3.63, 3.8) is 0 Å². The number of aryl methyl sites for hydroxylation is 2. The molecule has 17 heavy (non-hydrogen) atoms. The van der Waals surface area contributed by atoms with Gasteiger partial charge in [0.05, 0.1) is 6.61 Å². The third-order valence-electron chi connectivity index (χ3n) is 3.12. The molecule has 0 saturated carbocycles. The lowest BCUT2D eigenvalue weighted by Gasteiger charge is -2.22. The van der Waals surface area contributed by atoms with Gasteiger partial charge >= 0.3 is 0 Å². The van der Waals surface area contributed by atoms with E-state index in [9.17, 15) is 0 Å². The van der Waals surface area contributed by atoms with Gasteiger partial charge in [-0.2, -0.15) is 4.98 Å². The molecule has 1 aliphatic rings. The highest BCUT2D eigenvalue weighted by Gasteiger charge is 2.12. The predicted molar refractivity (Wildman–Crippen MR) is 67.2 cm³/mol. The van der Waals surface area contributed by atoms with E-state index in [2.05, 4.69) is 15.3 Å². The van der Waals surface area contributed by atoms with Crippen LogP contribution in [-0.4, -0.2) is 29.7 Å². The first-order valence-corrected chi connectivity index (χ1v) is 6.40. The third-order valence-corrected chi connectivity index (χ3v) is 3.12. The molecule has 0 amide bonds. The van der Waals surface area contributed by atoms with Crippen LogP contribution in [-0.2, 0) is 0 Å². The van der Waals surface area contributed by atoms with Crippen LogP contribution in [0.15, 0.2) is 6.07 Å². The van der Waals surface area contributed by atoms with Crippen LogP contribution in [0.1, 0.15) is 30.8 Å². The summed E-state index contributed by atoms with van der Waals surface area (Å²) in [5, 5.41) is 3.42. The summed E-state index contributed by atoms with van der Waals surface area (Å²) < 4.78 is 5.69. The lowest BCUT2D eigenvalue weighted by Crippen LogP contribution is -2.30. The van der Waals surface area contributed by atoms with Gasteiger partial charge in [0.2, 0.25) is 5.88 Å². The Morgan fingerprint density at radius 2 is 2.29 bits per heavy atom. The molecule has 4 nitrogen and oxygen atoms in total. The number of piperidine rings is 1. The zero-order valence-electron chi connectivity index (χ0n) is 10.7. The molecule has 0 aromatic carbocycles. The molecule has 1 atom stereocenters. The smallest absolute Gasteiger partial charge is 0.216 e. The Labute approximate surface area is 103 Å². The Morgan fingerprint density at radius 1 is 1.41 bits per heavy atom. The molecule has 1 fully saturated rings. The quantitative estimate of drug-likeness (QED) is 0.865. The van der Waals surface area contributed by atoms with Crippen LogP contribution in [0.2, 0.25) is 0 Å². The molecule has 4 heteroatoms. The average molecular weight is 235 g/mol. The van der Waals surface area contributed by atoms with Gasteiger partial charge in [0, 0.05) is 11.8 Å². The number of hydrogen-bond donors (Lipinski definition) is 1. The number of rotatable bonds is 4. The summed E-state index contributed by atoms with van der Waals surface area (Å²) in [5.74, 6) is 2.24. The van der Waals surface area contributed by atoms with Gasteiger partial charge in [-0.1, -0.05) is 0 Å². The second kappa shape index (κ2) is 5.96. The van der Waals surface area contributed by atoms with Gasteiger partial charge in [-0.15, -0.1) is 0 Å². The lowest BCUT2D eigenvalue weighted by molar-refractivity contribution is 0.246. The van der Waals surface area contributed by atoms with Gasteiger partial charge < -0.3 is 10.1 Å². The van der Waals surface area contributed by atoms with Crippen LogP contribution in [0.5, 0.6) is 5.88 Å². The van der Waals surface area contributed by atoms with E-state index in [0.29, 0.717) is 5.88 Å². The Morgan fingerprint density at radius 3 is 3.00 bits per heavy atom. The highest BCUT2D eigenvalue weighted by Crippen LogP contribution is 2.15. The van der Waals surface area contributed by atoms with Crippen molar-refractivity contribution in [2.75, 3.05) is 19.7 Å². The van der Waals surface area contributed by atoms with Crippen molar-refractivity contribution in [2.45, 2.75) is 33.1 Å². The molecular weight excluding hydrogens is 214 g/mol. The first-order chi connectivity index (χ1) is 8.24. The van der Waals surface area contributed by atoms with Crippen LogP contribution in [0.3, 0.4) is 0 Å². The molecule has 2 rings (SSSR count). The topological polar surface area (TPSA) is 47.0 Å². The van der Waals surface area contributed by atoms with E-state index in [1.807, 2.05) is 19.9 Å². The van der Waals surface area contributed by atoms with Crippen LogP contribution in [0.4, 0.5) is 0 Å². The Balaban J connectivity index is 1.77. The Kier molecular flexibility index (Phi) is 4.31. The van der Waals surface area contributed by atoms with E-state index in [0.717, 1.165) is 37.0 Å². The molecule has 1 aromatic rings. The summed E-state index contributed by atoms with van der Waals surface area (Å²) >= 11 is 0. The molecule has 1 aliphatic heterocycles. The van der Waals surface area contributed by atoms with E-state index in [1.54, 1.807) is 0 Å². The minimum Gasteiger partial charge on any atom is -0.478 e. The van der Waals surface area contributed by atoms with Crippen molar-refractivity contribution in [1.29, 1.82) is 0 Å². The number of aromatic nitrogens is 2. The van der Waals surface area contributed by atoms with Crippen LogP contribution in [0, 0.1) is 19.8 Å². The summed E-state index contributed by atoms with van der Waals surface area (Å²) in [6, 6.07) is 1.89. The van der Waals surface area contributed by atoms with E-state index in [4.69, 9.17) is 4.74 Å². The van der Waals surface area contributed by atoms with E-state index >= 15 is 0 Å². The molecule has 0 spiro atoms. The van der Waals surface area contributed by atoms with Gasteiger partial charge in [-0.25, -0.2) is 4.98 Å². The minimum absolute atomic E-state index is 0.707. The first-order valence-electron chi connectivity index (χ1n) is 6.40. The first kappa shape index (κ1) is 12.3. The van der Waals surface area contributed by atoms with Crippen LogP contribution >= 0.6 is 0 Å². The minimum atomic E-state index is 0.707. The van der Waals surface area contributed by atoms with E-state index in [1.165, 1.54) is 19.4 Å². The van der Waals surface area contributed by atoms with Gasteiger partial charge in [0.15, 0.2) is 0 Å². The molecule has 0 radical (unpaired) electrons. The monoisotopic (exact) mass is 235 g/mol. The summed E-state index contributed by atoms with van der Waals surface area (Å²) in [6.45, 7) is 6.91. The third kappa shape index (κ3) is 3.97. The highest BCUT2D eigenvalue weighted by molar-refractivity contribution is 5.14. The SMILES string of the molecule is Cc1cc(OCCC2CCCNC2)nc(C)n1. The van der Waals surface area contributed by atoms with Crippen molar-refractivity contribution >= 4 is 0 Å². The maximum absolute atomic E-state index is 5.69. The lowest BCUT2D eigenvalue weighted by atomic mass is 9.97. The fourth-order valence-corrected chi connectivity index (χ4v) is 2.26. The largest absolute Gasteiger partial charge is 0.478 e. The molecule has 0 aliphatic carbocycles. The second-order valence-electron chi connectivity index (χ2n) is 4.74. The van der Waals surface area contributed by atoms with Crippen LogP contribution in [0.25, 0.3) is 0 Å². The molecule has 94 valence electrons. The molecular formula is C13H21N3O. The Bertz CT molecular complexity index is 341. The van der Waals surface area contributed by atoms with Gasteiger partial charge in [0.25, 0.3) is 0 Å². The molecule has 1 N–H and O–H groups in total. The van der Waals surface area contributed by atoms with E-state index < -0.39 is 0 Å². The Hall–Kier alpha value is -1.16. The molecule has 2 heterocycles. The van der Waals surface area contributed by atoms with Crippen molar-refractivity contribution in [2.24, 2.45) is 5.92 Å². The van der Waals surface area contributed by atoms with Crippen molar-refractivity contribution < 1.29 is 4.74 Å². The fraction of sp³-hybridized carbons (Fsp3) is 0.692. The molecule has 1 aromatic heterocycles. The molecule has 1 unspecified atom stereocenters. The van der Waals surface area contributed by atoms with Gasteiger partial charge in [-0.05, 0) is 52.1 Å². The van der Waals surface area contributed by atoms with Crippen molar-refractivity contribution in [3.8, 4) is 5.88 Å². The standard InChI is InChI=1S/C13H21N3O/c1-10-8-13(16-11(2)15-10)17-7-5-12-4-3-6-14-9-12/h8,12,14H,3-7,9H2,1-2H3. The van der Waals surface area contributed by atoms with Crippen molar-refractivity contribution in [3.05, 3.63) is 17.6 Å². The van der Waals surface area contributed by atoms with Crippen LogP contribution < -0.4 is 10.1 Å². The zero-order valence-corrected chi connectivity index (χ0v) is 10.7. The summed E-state index contributed by atoms with van der Waals surface area (Å²) in [7, 11) is 0. The average Bonchev–Trinajstić information content (AvgIpc) is 2.29. The fourth-order valence-electron chi connectivity index (χ4n) is 2.26. The zero-order chi connectivity index (χ0) is 12.1. The normalized spacial score (nSPS) is 20.2. The molecule has 1 saturated heterocycles. The van der Waals surface area contributed by atoms with Crippen molar-refractivity contribution in [1.82, 2.24) is 15.3 Å². The number of ether oxygens (including phenoxy) is 1. The maximum Gasteiger partial charge on any atom is 0.216 e. The second-order valence-corrected chi connectivity index (χ2v) is 4.74. The highest BCUT2D eigenvalue weighted by atomic mass is 16.5.